The van der Waals surface area contributed by atoms with Gasteiger partial charge < -0.3 is 4.74 Å². The minimum atomic E-state index is -0.535. The van der Waals surface area contributed by atoms with Crippen LogP contribution in [-0.2, 0) is 14.7 Å². The summed E-state index contributed by atoms with van der Waals surface area (Å²) in [6.45, 7) is 10.8. The second-order valence-electron chi connectivity index (χ2n) is 5.63. The number of carbonyl (C=O) groups excluding carboxylic acids is 1. The topological polar surface area (TPSA) is 49.4 Å². The minimum absolute atomic E-state index is 0.229. The van der Waals surface area contributed by atoms with Gasteiger partial charge in [0.15, 0.2) is 0 Å². The highest BCUT2D eigenvalue weighted by Gasteiger charge is 2.48. The molecule has 0 aromatic carbocycles. The van der Waals surface area contributed by atoms with Crippen LogP contribution in [0, 0.1) is 5.92 Å². The van der Waals surface area contributed by atoms with E-state index in [9.17, 15) is 10.0 Å². The molecule has 4 nitrogen and oxygen atoms in total. The molecule has 1 radical (unpaired) electrons. The lowest BCUT2D eigenvalue weighted by Gasteiger charge is -2.49. The summed E-state index contributed by atoms with van der Waals surface area (Å²) in [5.74, 6) is -0.516. The molecular weight excluding hydrogens is 206 g/mol. The monoisotopic (exact) mass is 226 g/mol. The second-order valence-corrected chi connectivity index (χ2v) is 5.63. The van der Waals surface area contributed by atoms with Gasteiger partial charge in [-0.15, -0.1) is 10.3 Å². The largest absolute Gasteiger partial charge is 0.435 e. The second kappa shape index (κ2) is 4.18. The molecule has 0 aliphatic carbocycles. The molecule has 1 fully saturated rings. The van der Waals surface area contributed by atoms with Gasteiger partial charge in [-0.1, -0.05) is 6.58 Å². The van der Waals surface area contributed by atoms with Crippen LogP contribution in [0.2, 0.25) is 0 Å². The quantitative estimate of drug-likeness (QED) is 0.536. The van der Waals surface area contributed by atoms with Crippen LogP contribution in [0.4, 0.5) is 0 Å². The van der Waals surface area contributed by atoms with Crippen LogP contribution < -0.4 is 0 Å². The maximum atomic E-state index is 12.0. The van der Waals surface area contributed by atoms with Crippen molar-refractivity contribution >= 4 is 5.97 Å². The lowest BCUT2D eigenvalue weighted by atomic mass is 9.75. The van der Waals surface area contributed by atoms with Crippen molar-refractivity contribution in [2.75, 3.05) is 0 Å². The summed E-state index contributed by atoms with van der Waals surface area (Å²) in [4.78, 5) is 11.7. The van der Waals surface area contributed by atoms with Crippen molar-refractivity contribution in [1.29, 1.82) is 0 Å². The van der Waals surface area contributed by atoms with Crippen LogP contribution in [0.3, 0.4) is 0 Å². The molecule has 1 saturated heterocycles. The Bertz CT molecular complexity index is 279. The maximum Gasteiger partial charge on any atom is 0.313 e. The number of nitrogens with zero attached hydrogens (tertiary/aromatic N) is 1. The van der Waals surface area contributed by atoms with E-state index >= 15 is 0 Å². The van der Waals surface area contributed by atoms with Crippen LogP contribution >= 0.6 is 0 Å². The molecule has 1 aliphatic rings. The average molecular weight is 226 g/mol. The summed E-state index contributed by atoms with van der Waals surface area (Å²) in [7, 11) is 0. The molecule has 16 heavy (non-hydrogen) atoms. The smallest absolute Gasteiger partial charge is 0.313 e. The van der Waals surface area contributed by atoms with Crippen molar-refractivity contribution < 1.29 is 14.7 Å². The first kappa shape index (κ1) is 13.2. The van der Waals surface area contributed by atoms with Crippen molar-refractivity contribution in [2.24, 2.45) is 5.92 Å². The third-order valence-corrected chi connectivity index (χ3v) is 3.12. The third-order valence-electron chi connectivity index (χ3n) is 3.12. The van der Waals surface area contributed by atoms with E-state index in [-0.39, 0.29) is 11.9 Å². The zero-order chi connectivity index (χ0) is 12.6. The lowest BCUT2D eigenvalue weighted by molar-refractivity contribution is -0.293. The predicted molar refractivity (Wildman–Crippen MR) is 59.7 cm³/mol. The van der Waals surface area contributed by atoms with E-state index in [0.717, 1.165) is 11.3 Å². The third kappa shape index (κ3) is 2.44. The average Bonchev–Trinajstić information content (AvgIpc) is 2.13. The Hall–Kier alpha value is -0.870. The standard InChI is InChI=1S/C12H20NO3/c1-6-16-10(14)9-7-11(2,3)13(15)12(4,5)8-9/h6,9H,1,7-8H2,2-5H3. The Morgan fingerprint density at radius 1 is 1.31 bits per heavy atom. The summed E-state index contributed by atoms with van der Waals surface area (Å²) in [5.41, 5.74) is -1.07. The van der Waals surface area contributed by atoms with E-state index in [4.69, 9.17) is 4.74 Å². The number of hydrogen-bond donors (Lipinski definition) is 0. The van der Waals surface area contributed by atoms with Crippen LogP contribution in [0.25, 0.3) is 0 Å². The summed E-state index contributed by atoms with van der Waals surface area (Å²) >= 11 is 0. The highest BCUT2D eigenvalue weighted by Crippen LogP contribution is 2.40. The molecule has 0 unspecified atom stereocenters. The number of hydroxylamine groups is 2. The molecule has 4 heteroatoms. The van der Waals surface area contributed by atoms with Gasteiger partial charge in [0.25, 0.3) is 0 Å². The molecule has 1 aliphatic heterocycles. The van der Waals surface area contributed by atoms with Crippen molar-refractivity contribution in [1.82, 2.24) is 5.06 Å². The molecule has 0 aromatic rings. The summed E-state index contributed by atoms with van der Waals surface area (Å²) in [5, 5.41) is 13.1. The predicted octanol–water partition coefficient (Wildman–Crippen LogP) is 2.29. The fourth-order valence-corrected chi connectivity index (χ4v) is 2.61. The van der Waals surface area contributed by atoms with E-state index in [1.807, 2.05) is 27.7 Å². The van der Waals surface area contributed by atoms with Crippen molar-refractivity contribution in [3.63, 3.8) is 0 Å². The van der Waals surface area contributed by atoms with Crippen molar-refractivity contribution in [3.05, 3.63) is 12.8 Å². The zero-order valence-electron chi connectivity index (χ0n) is 10.4. The molecule has 0 N–H and O–H groups in total. The fourth-order valence-electron chi connectivity index (χ4n) is 2.61. The Kier molecular flexibility index (Phi) is 3.45. The summed E-state index contributed by atoms with van der Waals surface area (Å²) in [6.07, 6.45) is 2.19. The van der Waals surface area contributed by atoms with Gasteiger partial charge in [-0.3, -0.25) is 4.79 Å². The first-order chi connectivity index (χ1) is 7.20. The van der Waals surface area contributed by atoms with Gasteiger partial charge in [0.05, 0.1) is 12.2 Å². The van der Waals surface area contributed by atoms with E-state index in [2.05, 4.69) is 6.58 Å². The number of rotatable bonds is 2. The molecule has 0 saturated carbocycles. The van der Waals surface area contributed by atoms with Gasteiger partial charge in [-0.2, -0.15) is 0 Å². The van der Waals surface area contributed by atoms with E-state index in [1.54, 1.807) is 0 Å². The number of hydrogen-bond acceptors (Lipinski definition) is 3. The van der Waals surface area contributed by atoms with Crippen LogP contribution in [0.5, 0.6) is 0 Å². The Balaban J connectivity index is 2.86. The molecule has 91 valence electrons. The first-order valence-electron chi connectivity index (χ1n) is 5.49. The highest BCUT2D eigenvalue weighted by atomic mass is 16.5. The van der Waals surface area contributed by atoms with E-state index in [1.165, 1.54) is 0 Å². The molecule has 0 aromatic heterocycles. The van der Waals surface area contributed by atoms with Crippen molar-refractivity contribution in [3.8, 4) is 0 Å². The highest BCUT2D eigenvalue weighted by molar-refractivity contribution is 5.73. The summed E-state index contributed by atoms with van der Waals surface area (Å²) in [6, 6.07) is 0. The zero-order valence-corrected chi connectivity index (χ0v) is 10.4. The van der Waals surface area contributed by atoms with Gasteiger partial charge in [-0.25, -0.2) is 0 Å². The number of esters is 1. The van der Waals surface area contributed by atoms with Crippen molar-refractivity contribution in [2.45, 2.75) is 51.6 Å². The molecule has 0 atom stereocenters. The van der Waals surface area contributed by atoms with E-state index in [0.29, 0.717) is 12.8 Å². The molecule has 1 rings (SSSR count). The fraction of sp³-hybridized carbons (Fsp3) is 0.750. The molecule has 0 amide bonds. The minimum Gasteiger partial charge on any atom is -0.435 e. The Morgan fingerprint density at radius 2 is 1.75 bits per heavy atom. The Morgan fingerprint density at radius 3 is 2.12 bits per heavy atom. The molecule has 0 bridgehead atoms. The van der Waals surface area contributed by atoms with Gasteiger partial charge in [-0.05, 0) is 40.5 Å². The van der Waals surface area contributed by atoms with Crippen LogP contribution in [-0.4, -0.2) is 22.1 Å². The Labute approximate surface area is 96.8 Å². The van der Waals surface area contributed by atoms with E-state index < -0.39 is 11.1 Å². The van der Waals surface area contributed by atoms with Gasteiger partial charge >= 0.3 is 5.97 Å². The number of piperidine rings is 1. The molecule has 1 heterocycles. The number of carbonyl (C=O) groups is 1. The van der Waals surface area contributed by atoms with Gasteiger partial charge in [0.2, 0.25) is 0 Å². The maximum absolute atomic E-state index is 12.0. The first-order valence-corrected chi connectivity index (χ1v) is 5.49. The number of ether oxygens (including phenoxy) is 1. The molecular formula is C12H20NO3. The van der Waals surface area contributed by atoms with Gasteiger partial charge in [0.1, 0.15) is 0 Å². The van der Waals surface area contributed by atoms with Crippen LogP contribution in [0.15, 0.2) is 12.8 Å². The normalized spacial score (nSPS) is 25.1. The van der Waals surface area contributed by atoms with Gasteiger partial charge in [0, 0.05) is 11.1 Å². The summed E-state index contributed by atoms with van der Waals surface area (Å²) < 4.78 is 4.81. The molecule has 0 spiro atoms. The SMILES string of the molecule is C=COC(=O)C1CC(C)(C)N([O])C(C)(C)C1. The van der Waals surface area contributed by atoms with Crippen LogP contribution in [0.1, 0.15) is 40.5 Å². The lowest BCUT2D eigenvalue weighted by Crippen LogP contribution is -2.59.